The molecule has 2 N–H and O–H groups in total. The van der Waals surface area contributed by atoms with E-state index in [4.69, 9.17) is 4.74 Å². The molecule has 0 amide bonds. The van der Waals surface area contributed by atoms with Gasteiger partial charge in [0, 0.05) is 12.6 Å². The number of phenols is 1. The van der Waals surface area contributed by atoms with E-state index in [0.717, 1.165) is 23.1 Å². The van der Waals surface area contributed by atoms with Crippen LogP contribution in [0, 0.1) is 5.82 Å². The number of likely N-dealkylation sites (tertiary alicyclic amines) is 1. The standard InChI is InChI=1S/C26H28FNO3/c1-2-26(31-25-9-4-3-8-24(25)30)28-15-14-22(29)17-23(28)19-12-10-18(11-13-19)20-6-5-7-21(27)16-20/h3-13,16,22-23,26,29-30H,2,14-15,17H2,1H3. The number of para-hydroxylation sites is 2. The number of aromatic hydroxyl groups is 1. The molecule has 0 aromatic heterocycles. The minimum absolute atomic E-state index is 0.0129. The number of aliphatic hydroxyl groups is 1. The largest absolute Gasteiger partial charge is 0.504 e. The Balaban J connectivity index is 1.59. The summed E-state index contributed by atoms with van der Waals surface area (Å²) in [7, 11) is 0. The lowest BCUT2D eigenvalue weighted by Gasteiger charge is -2.42. The summed E-state index contributed by atoms with van der Waals surface area (Å²) in [6, 6.07) is 21.6. The van der Waals surface area contributed by atoms with Crippen molar-refractivity contribution in [3.63, 3.8) is 0 Å². The van der Waals surface area contributed by atoms with Gasteiger partial charge >= 0.3 is 0 Å². The van der Waals surface area contributed by atoms with Gasteiger partial charge in [0.25, 0.3) is 0 Å². The van der Waals surface area contributed by atoms with Crippen molar-refractivity contribution in [2.24, 2.45) is 0 Å². The Morgan fingerprint density at radius 2 is 1.81 bits per heavy atom. The van der Waals surface area contributed by atoms with E-state index in [-0.39, 0.29) is 29.9 Å². The van der Waals surface area contributed by atoms with Crippen molar-refractivity contribution < 1.29 is 19.3 Å². The maximum absolute atomic E-state index is 13.6. The van der Waals surface area contributed by atoms with Crippen molar-refractivity contribution in [3.8, 4) is 22.6 Å². The third-order valence-corrected chi connectivity index (χ3v) is 5.92. The topological polar surface area (TPSA) is 52.9 Å². The number of ether oxygens (including phenoxy) is 1. The van der Waals surface area contributed by atoms with Gasteiger partial charge in [-0.3, -0.25) is 4.90 Å². The number of hydrogen-bond acceptors (Lipinski definition) is 4. The lowest BCUT2D eigenvalue weighted by atomic mass is 9.91. The molecular weight excluding hydrogens is 393 g/mol. The molecule has 1 aliphatic heterocycles. The molecule has 31 heavy (non-hydrogen) atoms. The summed E-state index contributed by atoms with van der Waals surface area (Å²) in [5.74, 6) is 0.324. The van der Waals surface area contributed by atoms with E-state index in [0.29, 0.717) is 25.1 Å². The predicted molar refractivity (Wildman–Crippen MR) is 119 cm³/mol. The van der Waals surface area contributed by atoms with Crippen LogP contribution in [0.1, 0.15) is 37.8 Å². The molecule has 4 rings (SSSR count). The summed E-state index contributed by atoms with van der Waals surface area (Å²) >= 11 is 0. The number of benzene rings is 3. The molecule has 1 saturated heterocycles. The van der Waals surface area contributed by atoms with Crippen LogP contribution in [0.15, 0.2) is 72.8 Å². The number of rotatable bonds is 6. The quantitative estimate of drug-likeness (QED) is 0.551. The summed E-state index contributed by atoms with van der Waals surface area (Å²) in [6.45, 7) is 2.75. The zero-order chi connectivity index (χ0) is 21.8. The highest BCUT2D eigenvalue weighted by molar-refractivity contribution is 5.63. The lowest BCUT2D eigenvalue weighted by Crippen LogP contribution is -2.47. The Morgan fingerprint density at radius 3 is 2.52 bits per heavy atom. The van der Waals surface area contributed by atoms with E-state index in [1.54, 1.807) is 24.3 Å². The normalized spacial score (nSPS) is 20.4. The number of halogens is 1. The first-order chi connectivity index (χ1) is 15.0. The van der Waals surface area contributed by atoms with Crippen LogP contribution >= 0.6 is 0 Å². The average molecular weight is 422 g/mol. The molecule has 0 aliphatic carbocycles. The highest BCUT2D eigenvalue weighted by Crippen LogP contribution is 2.36. The van der Waals surface area contributed by atoms with Crippen LogP contribution in [0.25, 0.3) is 11.1 Å². The summed E-state index contributed by atoms with van der Waals surface area (Å²) in [6.07, 6.45) is 1.43. The van der Waals surface area contributed by atoms with E-state index in [1.807, 2.05) is 36.4 Å². The summed E-state index contributed by atoms with van der Waals surface area (Å²) in [5, 5.41) is 20.5. The Kier molecular flexibility index (Phi) is 6.54. The number of aliphatic hydroxyl groups excluding tert-OH is 1. The first-order valence-corrected chi connectivity index (χ1v) is 10.8. The second-order valence-corrected chi connectivity index (χ2v) is 8.01. The van der Waals surface area contributed by atoms with Crippen molar-refractivity contribution in [2.75, 3.05) is 6.54 Å². The molecule has 0 saturated carbocycles. The van der Waals surface area contributed by atoms with Gasteiger partial charge in [0.15, 0.2) is 17.7 Å². The molecule has 1 aliphatic rings. The van der Waals surface area contributed by atoms with E-state index in [2.05, 4.69) is 11.8 Å². The van der Waals surface area contributed by atoms with Crippen molar-refractivity contribution in [1.82, 2.24) is 4.90 Å². The second kappa shape index (κ2) is 9.50. The van der Waals surface area contributed by atoms with Crippen LogP contribution in [0.2, 0.25) is 0 Å². The van der Waals surface area contributed by atoms with Crippen molar-refractivity contribution in [2.45, 2.75) is 44.6 Å². The predicted octanol–water partition coefficient (Wildman–Crippen LogP) is 5.51. The Hall–Kier alpha value is -2.89. The molecular formula is C26H28FNO3. The number of nitrogens with zero attached hydrogens (tertiary/aromatic N) is 1. The van der Waals surface area contributed by atoms with E-state index < -0.39 is 0 Å². The summed E-state index contributed by atoms with van der Waals surface area (Å²) in [4.78, 5) is 2.26. The Labute approximate surface area is 182 Å². The van der Waals surface area contributed by atoms with Crippen LogP contribution in [0.5, 0.6) is 11.5 Å². The summed E-state index contributed by atoms with van der Waals surface area (Å²) < 4.78 is 19.8. The molecule has 4 nitrogen and oxygen atoms in total. The van der Waals surface area contributed by atoms with Gasteiger partial charge in [-0.05, 0) is 60.2 Å². The molecule has 3 aromatic carbocycles. The van der Waals surface area contributed by atoms with Crippen LogP contribution in [0.4, 0.5) is 4.39 Å². The molecule has 162 valence electrons. The monoisotopic (exact) mass is 421 g/mol. The number of hydrogen-bond donors (Lipinski definition) is 2. The van der Waals surface area contributed by atoms with E-state index >= 15 is 0 Å². The minimum atomic E-state index is -0.369. The van der Waals surface area contributed by atoms with E-state index in [9.17, 15) is 14.6 Å². The van der Waals surface area contributed by atoms with E-state index in [1.165, 1.54) is 12.1 Å². The maximum atomic E-state index is 13.6. The molecule has 0 bridgehead atoms. The first-order valence-electron chi connectivity index (χ1n) is 10.8. The molecule has 1 heterocycles. The number of piperidine rings is 1. The average Bonchev–Trinajstić information content (AvgIpc) is 2.79. The van der Waals surface area contributed by atoms with Crippen molar-refractivity contribution in [1.29, 1.82) is 0 Å². The summed E-state index contributed by atoms with van der Waals surface area (Å²) in [5.41, 5.74) is 2.86. The third-order valence-electron chi connectivity index (χ3n) is 5.92. The van der Waals surface area contributed by atoms with Crippen LogP contribution < -0.4 is 4.74 Å². The maximum Gasteiger partial charge on any atom is 0.163 e. The zero-order valence-corrected chi connectivity index (χ0v) is 17.6. The highest BCUT2D eigenvalue weighted by atomic mass is 19.1. The molecule has 5 heteroatoms. The van der Waals surface area contributed by atoms with Crippen LogP contribution in [-0.4, -0.2) is 34.0 Å². The minimum Gasteiger partial charge on any atom is -0.504 e. The van der Waals surface area contributed by atoms with Gasteiger partial charge in [-0.1, -0.05) is 55.5 Å². The Morgan fingerprint density at radius 1 is 1.03 bits per heavy atom. The lowest BCUT2D eigenvalue weighted by molar-refractivity contribution is -0.0563. The van der Waals surface area contributed by atoms with Crippen molar-refractivity contribution >= 4 is 0 Å². The number of phenolic OH excluding ortho intramolecular Hbond substituents is 1. The fraction of sp³-hybridized carbons (Fsp3) is 0.308. The molecule has 0 spiro atoms. The molecule has 1 fully saturated rings. The highest BCUT2D eigenvalue weighted by Gasteiger charge is 2.34. The van der Waals surface area contributed by atoms with Gasteiger partial charge in [0.1, 0.15) is 5.82 Å². The van der Waals surface area contributed by atoms with Gasteiger partial charge in [0.05, 0.1) is 6.10 Å². The molecule has 3 aromatic rings. The fourth-order valence-corrected chi connectivity index (χ4v) is 4.29. The third kappa shape index (κ3) is 4.89. The molecule has 3 atom stereocenters. The zero-order valence-electron chi connectivity index (χ0n) is 17.6. The smallest absolute Gasteiger partial charge is 0.163 e. The van der Waals surface area contributed by atoms with Gasteiger partial charge in [-0.2, -0.15) is 0 Å². The van der Waals surface area contributed by atoms with Gasteiger partial charge in [0.2, 0.25) is 0 Å². The van der Waals surface area contributed by atoms with Crippen LogP contribution in [0.3, 0.4) is 0 Å². The molecule has 3 unspecified atom stereocenters. The van der Waals surface area contributed by atoms with Gasteiger partial charge in [-0.25, -0.2) is 4.39 Å². The SMILES string of the molecule is CCC(Oc1ccccc1O)N1CCC(O)CC1c1ccc(-c2cccc(F)c2)cc1. The van der Waals surface area contributed by atoms with Crippen LogP contribution in [-0.2, 0) is 0 Å². The Bertz CT molecular complexity index is 1010. The molecule has 0 radical (unpaired) electrons. The van der Waals surface area contributed by atoms with Gasteiger partial charge < -0.3 is 14.9 Å². The fourth-order valence-electron chi connectivity index (χ4n) is 4.29. The first kappa shape index (κ1) is 21.3. The van der Waals surface area contributed by atoms with Gasteiger partial charge in [-0.15, -0.1) is 0 Å². The van der Waals surface area contributed by atoms with Crippen molar-refractivity contribution in [3.05, 3.63) is 84.2 Å². The second-order valence-electron chi connectivity index (χ2n) is 8.01.